The first-order valence-electron chi connectivity index (χ1n) is 9.48. The zero-order valence-corrected chi connectivity index (χ0v) is 15.9. The Kier molecular flexibility index (Phi) is 5.29. The van der Waals surface area contributed by atoms with Crippen molar-refractivity contribution < 1.29 is 18.3 Å². The van der Waals surface area contributed by atoms with Crippen molar-refractivity contribution in [3.8, 4) is 17.0 Å². The van der Waals surface area contributed by atoms with E-state index in [-0.39, 0.29) is 17.5 Å². The van der Waals surface area contributed by atoms with Crippen LogP contribution in [0.15, 0.2) is 48.8 Å². The van der Waals surface area contributed by atoms with Crippen molar-refractivity contribution in [3.63, 3.8) is 0 Å². The van der Waals surface area contributed by atoms with Gasteiger partial charge in [-0.25, -0.2) is 8.78 Å². The van der Waals surface area contributed by atoms with E-state index in [0.717, 1.165) is 17.8 Å². The molecule has 1 unspecified atom stereocenters. The Hall–Kier alpha value is -3.22. The summed E-state index contributed by atoms with van der Waals surface area (Å²) in [6, 6.07) is 11.2. The van der Waals surface area contributed by atoms with Gasteiger partial charge in [-0.3, -0.25) is 9.78 Å². The van der Waals surface area contributed by atoms with Crippen LogP contribution in [0.1, 0.15) is 29.4 Å². The summed E-state index contributed by atoms with van der Waals surface area (Å²) in [6.45, 7) is 1.31. The van der Waals surface area contributed by atoms with Crippen molar-refractivity contribution in [2.45, 2.75) is 26.2 Å². The molecule has 7 heteroatoms. The number of ketones is 1. The van der Waals surface area contributed by atoms with Gasteiger partial charge in [0.15, 0.2) is 5.78 Å². The Morgan fingerprint density at radius 2 is 2.03 bits per heavy atom. The van der Waals surface area contributed by atoms with E-state index in [9.17, 15) is 13.6 Å². The summed E-state index contributed by atoms with van der Waals surface area (Å²) in [5.74, 6) is 0.532. The molecule has 5 nitrogen and oxygen atoms in total. The van der Waals surface area contributed by atoms with Gasteiger partial charge in [0, 0.05) is 29.6 Å². The van der Waals surface area contributed by atoms with Crippen LogP contribution in [0, 0.1) is 5.92 Å². The molecule has 0 saturated carbocycles. The maximum atomic E-state index is 12.8. The molecule has 1 atom stereocenters. The lowest BCUT2D eigenvalue weighted by Gasteiger charge is -2.18. The Morgan fingerprint density at radius 3 is 2.79 bits per heavy atom. The van der Waals surface area contributed by atoms with Gasteiger partial charge in [-0.1, -0.05) is 25.1 Å². The highest BCUT2D eigenvalue weighted by molar-refractivity contribution is 6.07. The first kappa shape index (κ1) is 19.1. The highest BCUT2D eigenvalue weighted by atomic mass is 19.3. The molecule has 0 amide bonds. The topological polar surface area (TPSA) is 67.0 Å². The number of nitrogens with one attached hydrogen (secondary N) is 2. The van der Waals surface area contributed by atoms with Crippen LogP contribution < -0.4 is 10.1 Å². The molecule has 2 heterocycles. The van der Waals surface area contributed by atoms with Crippen molar-refractivity contribution >= 4 is 17.2 Å². The van der Waals surface area contributed by atoms with Gasteiger partial charge in [0.25, 0.3) is 6.43 Å². The van der Waals surface area contributed by atoms with Crippen molar-refractivity contribution in [1.82, 2.24) is 9.97 Å². The van der Waals surface area contributed by atoms with Crippen LogP contribution in [0.4, 0.5) is 20.2 Å². The Labute approximate surface area is 167 Å². The Morgan fingerprint density at radius 1 is 1.24 bits per heavy atom. The maximum Gasteiger partial charge on any atom is 0.272 e. The minimum atomic E-state index is -2.59. The van der Waals surface area contributed by atoms with Crippen LogP contribution in [0.2, 0.25) is 0 Å². The number of benzene rings is 1. The fourth-order valence-corrected chi connectivity index (χ4v) is 3.70. The van der Waals surface area contributed by atoms with Crippen molar-refractivity contribution in [2.24, 2.45) is 5.92 Å². The van der Waals surface area contributed by atoms with Crippen molar-refractivity contribution in [2.75, 3.05) is 11.9 Å². The molecule has 0 aliphatic heterocycles. The monoisotopic (exact) mass is 397 g/mol. The second-order valence-corrected chi connectivity index (χ2v) is 7.23. The minimum absolute atomic E-state index is 0.0591. The number of nitrogens with zero attached hydrogens (tertiary/aromatic N) is 1. The van der Waals surface area contributed by atoms with Crippen LogP contribution in [0.5, 0.6) is 5.75 Å². The van der Waals surface area contributed by atoms with E-state index < -0.39 is 13.0 Å². The smallest absolute Gasteiger partial charge is 0.272 e. The first-order chi connectivity index (χ1) is 14.0. The number of hydrogen-bond donors (Lipinski definition) is 2. The molecule has 2 aromatic heterocycles. The van der Waals surface area contributed by atoms with Gasteiger partial charge in [0.2, 0.25) is 0 Å². The first-order valence-corrected chi connectivity index (χ1v) is 9.48. The number of carbonyl (C=O) groups excluding carboxylic acids is 1. The summed E-state index contributed by atoms with van der Waals surface area (Å²) in [5, 5.41) is 3.34. The van der Waals surface area contributed by atoms with Gasteiger partial charge in [0.1, 0.15) is 12.4 Å². The summed E-state index contributed by atoms with van der Waals surface area (Å²) < 4.78 is 30.7. The lowest BCUT2D eigenvalue weighted by atomic mass is 9.87. The molecule has 1 aromatic carbocycles. The zero-order chi connectivity index (χ0) is 20.4. The number of rotatable bonds is 6. The third-order valence-corrected chi connectivity index (χ3v) is 4.90. The zero-order valence-electron chi connectivity index (χ0n) is 15.9. The van der Waals surface area contributed by atoms with Gasteiger partial charge in [-0.2, -0.15) is 0 Å². The average Bonchev–Trinajstić information content (AvgIpc) is 3.05. The highest BCUT2D eigenvalue weighted by Crippen LogP contribution is 2.42. The largest absolute Gasteiger partial charge is 0.485 e. The number of carbonyl (C=O) groups is 1. The second-order valence-electron chi connectivity index (χ2n) is 7.23. The predicted octanol–water partition coefficient (Wildman–Crippen LogP) is 5.23. The van der Waals surface area contributed by atoms with Gasteiger partial charge in [0.05, 0.1) is 23.1 Å². The third kappa shape index (κ3) is 3.99. The molecule has 0 fully saturated rings. The molecule has 2 N–H and O–H groups in total. The summed E-state index contributed by atoms with van der Waals surface area (Å²) in [6.07, 6.45) is 1.60. The number of aromatic nitrogens is 2. The van der Waals surface area contributed by atoms with E-state index in [2.05, 4.69) is 15.3 Å². The Bertz CT molecular complexity index is 1020. The number of alkyl halides is 2. The molecular formula is C22H21F2N3O2. The van der Waals surface area contributed by atoms with Gasteiger partial charge < -0.3 is 15.0 Å². The number of H-pyrrole nitrogens is 1. The van der Waals surface area contributed by atoms with Crippen LogP contribution in [-0.4, -0.2) is 28.8 Å². The molecule has 0 bridgehead atoms. The lowest BCUT2D eigenvalue weighted by molar-refractivity contribution is 0.0820. The number of hydrogen-bond acceptors (Lipinski definition) is 4. The fourth-order valence-electron chi connectivity index (χ4n) is 3.70. The number of fused-ring (bicyclic) bond motifs is 1. The summed E-state index contributed by atoms with van der Waals surface area (Å²) in [4.78, 5) is 20.2. The number of aromatic amines is 1. The summed E-state index contributed by atoms with van der Waals surface area (Å²) in [5.41, 5.74) is 4.14. The molecule has 1 aliphatic carbocycles. The van der Waals surface area contributed by atoms with E-state index in [4.69, 9.17) is 4.74 Å². The molecule has 0 saturated heterocycles. The molecular weight excluding hydrogens is 376 g/mol. The van der Waals surface area contributed by atoms with E-state index in [1.165, 1.54) is 6.20 Å². The van der Waals surface area contributed by atoms with Crippen LogP contribution >= 0.6 is 0 Å². The van der Waals surface area contributed by atoms with Gasteiger partial charge >= 0.3 is 0 Å². The van der Waals surface area contributed by atoms with Gasteiger partial charge in [-0.15, -0.1) is 0 Å². The Balaban J connectivity index is 1.84. The van der Waals surface area contributed by atoms with E-state index in [0.29, 0.717) is 28.9 Å². The SMILES string of the molecule is CC1CC(=O)c2c([nH]c(-c3ccncc3OCC(F)F)c2Nc2ccccc2)C1. The quantitative estimate of drug-likeness (QED) is 0.598. The average molecular weight is 397 g/mol. The molecule has 0 spiro atoms. The number of halogens is 2. The predicted molar refractivity (Wildman–Crippen MR) is 107 cm³/mol. The second kappa shape index (κ2) is 8.03. The molecule has 0 radical (unpaired) electrons. The lowest BCUT2D eigenvalue weighted by Crippen LogP contribution is -2.17. The number of anilines is 2. The number of para-hydroxylation sites is 1. The number of Topliss-reactive ketones (excluding diaryl/α,β-unsaturated/α-hetero) is 1. The van der Waals surface area contributed by atoms with Crippen molar-refractivity contribution in [1.29, 1.82) is 0 Å². The van der Waals surface area contributed by atoms with E-state index in [1.54, 1.807) is 12.3 Å². The third-order valence-electron chi connectivity index (χ3n) is 4.90. The molecule has 3 aromatic rings. The van der Waals surface area contributed by atoms with E-state index >= 15 is 0 Å². The van der Waals surface area contributed by atoms with Crippen LogP contribution in [0.25, 0.3) is 11.3 Å². The minimum Gasteiger partial charge on any atom is -0.485 e. The van der Waals surface area contributed by atoms with Crippen molar-refractivity contribution in [3.05, 3.63) is 60.0 Å². The van der Waals surface area contributed by atoms with Crippen LogP contribution in [-0.2, 0) is 6.42 Å². The number of pyridine rings is 1. The van der Waals surface area contributed by atoms with Gasteiger partial charge in [-0.05, 0) is 30.5 Å². The van der Waals surface area contributed by atoms with E-state index in [1.807, 2.05) is 37.3 Å². The maximum absolute atomic E-state index is 12.8. The molecule has 4 rings (SSSR count). The fraction of sp³-hybridized carbons (Fsp3) is 0.273. The standard InChI is InChI=1S/C22H21F2N3O2/c1-13-9-16-20(17(28)10-13)22(26-14-5-3-2-4-6-14)21(27-16)15-7-8-25-11-18(15)29-12-19(23)24/h2-8,11,13,19,26-27H,9-10,12H2,1H3. The normalized spacial score (nSPS) is 16.0. The highest BCUT2D eigenvalue weighted by Gasteiger charge is 2.30. The molecule has 1 aliphatic rings. The molecule has 150 valence electrons. The number of ether oxygens (including phenoxy) is 1. The summed E-state index contributed by atoms with van der Waals surface area (Å²) >= 11 is 0. The summed E-state index contributed by atoms with van der Waals surface area (Å²) in [7, 11) is 0. The van der Waals surface area contributed by atoms with Crippen LogP contribution in [0.3, 0.4) is 0 Å². The molecule has 29 heavy (non-hydrogen) atoms.